The van der Waals surface area contributed by atoms with E-state index in [9.17, 15) is 0 Å². The smallest absolute Gasteiger partial charge is 0.0540 e. The van der Waals surface area contributed by atoms with Crippen molar-refractivity contribution in [2.24, 2.45) is 0 Å². The molecule has 1 heteroatoms. The van der Waals surface area contributed by atoms with Crippen LogP contribution in [0.3, 0.4) is 0 Å². The molecule has 0 N–H and O–H groups in total. The molecular weight excluding hydrogens is 759 g/mol. The minimum Gasteiger partial charge on any atom is -0.310 e. The highest BCUT2D eigenvalue weighted by atomic mass is 15.1. The fourth-order valence-corrected chi connectivity index (χ4v) is 11.0. The highest BCUT2D eigenvalue weighted by Crippen LogP contribution is 2.55. The van der Waals surface area contributed by atoms with E-state index in [0.717, 1.165) is 17.1 Å². The number of fused-ring (bicyclic) bond motifs is 7. The molecule has 0 aromatic heterocycles. The van der Waals surface area contributed by atoms with Gasteiger partial charge in [0, 0.05) is 27.8 Å². The number of para-hydroxylation sites is 1. The predicted molar refractivity (Wildman–Crippen MR) is 264 cm³/mol. The van der Waals surface area contributed by atoms with Crippen molar-refractivity contribution in [1.82, 2.24) is 0 Å². The highest BCUT2D eigenvalue weighted by Gasteiger charge is 2.42. The van der Waals surface area contributed by atoms with Crippen LogP contribution in [0.5, 0.6) is 0 Å². The van der Waals surface area contributed by atoms with E-state index in [2.05, 4.69) is 255 Å². The summed E-state index contributed by atoms with van der Waals surface area (Å²) < 4.78 is 0. The van der Waals surface area contributed by atoms with Crippen molar-refractivity contribution >= 4 is 27.8 Å². The lowest BCUT2D eigenvalue weighted by Crippen LogP contribution is -2.22. The number of nitrogens with zero attached hydrogens (tertiary/aromatic N) is 1. The zero-order valence-corrected chi connectivity index (χ0v) is 35.5. The summed E-state index contributed by atoms with van der Waals surface area (Å²) in [5, 5.41) is 2.44. The highest BCUT2D eigenvalue weighted by molar-refractivity contribution is 5.95. The summed E-state index contributed by atoms with van der Waals surface area (Å²) in [6, 6.07) is 87.6. The standard InChI is InChI=1S/C62H45N/c1-61(47-19-5-3-6-20-47)56-26-14-11-24-52(56)54-37-32-45(40-58(54)61)43-29-34-49(35-30-43)63(50-36-31-42-17-9-10-18-44(42)39-50)60-28-16-13-23-51(60)46-33-38-55-53-25-12-15-27-57(53)62(2,59(55)41-46)48-21-7-4-8-22-48/h3-41H,1-2H3. The Bertz CT molecular complexity index is 3360. The Morgan fingerprint density at radius 1 is 0.286 bits per heavy atom. The molecule has 0 saturated heterocycles. The molecule has 1 nitrogen and oxygen atoms in total. The molecule has 10 aromatic rings. The van der Waals surface area contributed by atoms with Gasteiger partial charge < -0.3 is 4.90 Å². The lowest BCUT2D eigenvalue weighted by Gasteiger charge is -2.30. The summed E-state index contributed by atoms with van der Waals surface area (Å²) in [5.41, 5.74) is 20.9. The third-order valence-corrected chi connectivity index (χ3v) is 14.2. The maximum Gasteiger partial charge on any atom is 0.0540 e. The van der Waals surface area contributed by atoms with Crippen LogP contribution in [-0.4, -0.2) is 0 Å². The second-order valence-corrected chi connectivity index (χ2v) is 17.5. The van der Waals surface area contributed by atoms with E-state index in [1.165, 1.54) is 88.7 Å². The van der Waals surface area contributed by atoms with Gasteiger partial charge in [0.1, 0.15) is 0 Å². The van der Waals surface area contributed by atoms with E-state index in [4.69, 9.17) is 0 Å². The van der Waals surface area contributed by atoms with E-state index in [-0.39, 0.29) is 10.8 Å². The van der Waals surface area contributed by atoms with Crippen molar-refractivity contribution in [3.8, 4) is 44.5 Å². The van der Waals surface area contributed by atoms with Crippen LogP contribution in [0.25, 0.3) is 55.3 Å². The number of hydrogen-bond acceptors (Lipinski definition) is 1. The van der Waals surface area contributed by atoms with Crippen molar-refractivity contribution in [2.45, 2.75) is 24.7 Å². The van der Waals surface area contributed by atoms with Crippen LogP contribution in [0.15, 0.2) is 237 Å². The second kappa shape index (κ2) is 14.4. The Hall–Kier alpha value is -7.74. The summed E-state index contributed by atoms with van der Waals surface area (Å²) in [6.45, 7) is 4.79. The molecule has 2 aliphatic carbocycles. The van der Waals surface area contributed by atoms with Gasteiger partial charge in [0.15, 0.2) is 0 Å². The zero-order chi connectivity index (χ0) is 42.1. The monoisotopic (exact) mass is 803 g/mol. The molecule has 298 valence electrons. The van der Waals surface area contributed by atoms with Crippen molar-refractivity contribution in [3.05, 3.63) is 270 Å². The van der Waals surface area contributed by atoms with Gasteiger partial charge >= 0.3 is 0 Å². The van der Waals surface area contributed by atoms with Crippen LogP contribution in [0.2, 0.25) is 0 Å². The first-order chi connectivity index (χ1) is 31.0. The molecule has 2 unspecified atom stereocenters. The Labute approximate surface area is 370 Å². The van der Waals surface area contributed by atoms with Crippen LogP contribution in [0.4, 0.5) is 17.1 Å². The normalized spacial score (nSPS) is 16.9. The van der Waals surface area contributed by atoms with Gasteiger partial charge in [-0.3, -0.25) is 0 Å². The van der Waals surface area contributed by atoms with Crippen molar-refractivity contribution in [2.75, 3.05) is 4.90 Å². The average Bonchev–Trinajstić information content (AvgIpc) is 3.77. The SMILES string of the molecule is CC1(c2ccccc2)c2ccccc2-c2ccc(-c3ccc(N(c4ccc5ccccc5c4)c4ccccc4-c4ccc5c(c4)C(C)(c4ccccc4)c4ccccc4-5)cc3)cc21. The van der Waals surface area contributed by atoms with Gasteiger partial charge in [-0.05, 0) is 139 Å². The first-order valence-corrected chi connectivity index (χ1v) is 22.1. The summed E-state index contributed by atoms with van der Waals surface area (Å²) in [7, 11) is 0. The quantitative estimate of drug-likeness (QED) is 0.155. The number of hydrogen-bond donors (Lipinski definition) is 0. The van der Waals surface area contributed by atoms with E-state index in [1.54, 1.807) is 0 Å². The molecule has 2 aliphatic rings. The molecule has 0 bridgehead atoms. The van der Waals surface area contributed by atoms with Crippen molar-refractivity contribution in [3.63, 3.8) is 0 Å². The van der Waals surface area contributed by atoms with Crippen LogP contribution in [-0.2, 0) is 10.8 Å². The van der Waals surface area contributed by atoms with Gasteiger partial charge in [0.05, 0.1) is 5.69 Å². The van der Waals surface area contributed by atoms with Gasteiger partial charge in [-0.1, -0.05) is 194 Å². The average molecular weight is 804 g/mol. The lowest BCUT2D eigenvalue weighted by atomic mass is 9.74. The third kappa shape index (κ3) is 5.70. The van der Waals surface area contributed by atoms with Crippen LogP contribution >= 0.6 is 0 Å². The number of rotatable bonds is 7. The number of anilines is 3. The van der Waals surface area contributed by atoms with E-state index < -0.39 is 0 Å². The van der Waals surface area contributed by atoms with Crippen LogP contribution in [0, 0.1) is 0 Å². The minimum atomic E-state index is -0.287. The topological polar surface area (TPSA) is 3.24 Å². The van der Waals surface area contributed by atoms with E-state index in [1.807, 2.05) is 0 Å². The molecule has 0 aliphatic heterocycles. The van der Waals surface area contributed by atoms with E-state index in [0.29, 0.717) is 0 Å². The third-order valence-electron chi connectivity index (χ3n) is 14.2. The van der Waals surface area contributed by atoms with Gasteiger partial charge in [-0.2, -0.15) is 0 Å². The summed E-state index contributed by atoms with van der Waals surface area (Å²) >= 11 is 0. The number of benzene rings is 10. The molecule has 12 rings (SSSR count). The fourth-order valence-electron chi connectivity index (χ4n) is 11.0. The van der Waals surface area contributed by atoms with Gasteiger partial charge in [0.2, 0.25) is 0 Å². The Morgan fingerprint density at radius 2 is 0.730 bits per heavy atom. The predicted octanol–water partition coefficient (Wildman–Crippen LogP) is 16.3. The summed E-state index contributed by atoms with van der Waals surface area (Å²) in [5.74, 6) is 0. The maximum atomic E-state index is 2.46. The molecule has 0 spiro atoms. The van der Waals surface area contributed by atoms with Gasteiger partial charge in [0.25, 0.3) is 0 Å². The largest absolute Gasteiger partial charge is 0.310 e. The summed E-state index contributed by atoms with van der Waals surface area (Å²) in [4.78, 5) is 2.44. The molecule has 0 radical (unpaired) electrons. The molecule has 2 atom stereocenters. The second-order valence-electron chi connectivity index (χ2n) is 17.5. The first-order valence-electron chi connectivity index (χ1n) is 22.1. The van der Waals surface area contributed by atoms with E-state index >= 15 is 0 Å². The van der Waals surface area contributed by atoms with Crippen molar-refractivity contribution in [1.29, 1.82) is 0 Å². The lowest BCUT2D eigenvalue weighted by molar-refractivity contribution is 0.714. The molecule has 0 saturated carbocycles. The molecule has 0 amide bonds. The van der Waals surface area contributed by atoms with Gasteiger partial charge in [-0.25, -0.2) is 0 Å². The molecule has 10 aromatic carbocycles. The zero-order valence-electron chi connectivity index (χ0n) is 35.5. The Balaban J connectivity index is 0.987. The van der Waals surface area contributed by atoms with Gasteiger partial charge in [-0.15, -0.1) is 0 Å². The molecule has 0 fully saturated rings. The van der Waals surface area contributed by atoms with Crippen LogP contribution in [0.1, 0.15) is 47.2 Å². The Kier molecular flexibility index (Phi) is 8.49. The van der Waals surface area contributed by atoms with Crippen molar-refractivity contribution < 1.29 is 0 Å². The minimum absolute atomic E-state index is 0.251. The molecular formula is C62H45N. The Morgan fingerprint density at radius 3 is 1.35 bits per heavy atom. The van der Waals surface area contributed by atoms with Crippen LogP contribution < -0.4 is 4.90 Å². The maximum absolute atomic E-state index is 2.46. The fraction of sp³-hybridized carbons (Fsp3) is 0.0645. The molecule has 63 heavy (non-hydrogen) atoms. The molecule has 0 heterocycles. The summed E-state index contributed by atoms with van der Waals surface area (Å²) in [6.07, 6.45) is 0. The first kappa shape index (κ1) is 37.1.